The fraction of sp³-hybridized carbons (Fsp3) is 0.385. The fourth-order valence-electron chi connectivity index (χ4n) is 2.60. The van der Waals surface area contributed by atoms with E-state index < -0.39 is 5.97 Å². The van der Waals surface area contributed by atoms with Crippen molar-refractivity contribution in [3.63, 3.8) is 0 Å². The van der Waals surface area contributed by atoms with Gasteiger partial charge in [0.05, 0.1) is 10.5 Å². The number of hydrogen-bond acceptors (Lipinski definition) is 3. The number of carboxylic acids is 1. The molecule has 1 atom stereocenters. The summed E-state index contributed by atoms with van der Waals surface area (Å²) in [6.07, 6.45) is 3.68. The molecule has 2 aromatic rings. The third-order valence-corrected chi connectivity index (χ3v) is 3.83. The lowest BCUT2D eigenvalue weighted by atomic mass is 10.1. The Balaban J connectivity index is 2.09. The van der Waals surface area contributed by atoms with Crippen LogP contribution in [-0.4, -0.2) is 33.6 Å². The standard InChI is InChI=1S/C13H14ClN3O2/c14-9-2-1-5-17-10(6-8-3-4-15-7-8)16-11(12(9)17)13(18)19/h1-2,5,8,15H,3-4,6-7H2,(H,18,19). The average molecular weight is 280 g/mol. The van der Waals surface area contributed by atoms with E-state index in [-0.39, 0.29) is 5.69 Å². The zero-order valence-electron chi connectivity index (χ0n) is 10.3. The molecule has 1 saturated heterocycles. The number of aromatic carboxylic acids is 1. The number of fused-ring (bicyclic) bond motifs is 1. The molecule has 2 N–H and O–H groups in total. The molecule has 3 rings (SSSR count). The molecule has 6 heteroatoms. The van der Waals surface area contributed by atoms with Gasteiger partial charge in [-0.3, -0.25) is 0 Å². The van der Waals surface area contributed by atoms with Crippen molar-refractivity contribution < 1.29 is 9.90 Å². The molecule has 1 aliphatic rings. The van der Waals surface area contributed by atoms with E-state index in [1.165, 1.54) is 0 Å². The van der Waals surface area contributed by atoms with Crippen molar-refractivity contribution >= 4 is 23.1 Å². The molecule has 0 spiro atoms. The van der Waals surface area contributed by atoms with Gasteiger partial charge in [0.1, 0.15) is 5.82 Å². The number of pyridine rings is 1. The smallest absolute Gasteiger partial charge is 0.356 e. The maximum Gasteiger partial charge on any atom is 0.356 e. The molecule has 19 heavy (non-hydrogen) atoms. The minimum Gasteiger partial charge on any atom is -0.476 e. The minimum atomic E-state index is -1.04. The van der Waals surface area contributed by atoms with Gasteiger partial charge in [0.25, 0.3) is 0 Å². The first-order valence-electron chi connectivity index (χ1n) is 6.26. The topological polar surface area (TPSA) is 66.6 Å². The Morgan fingerprint density at radius 1 is 1.63 bits per heavy atom. The number of halogens is 1. The molecule has 0 radical (unpaired) electrons. The van der Waals surface area contributed by atoms with Crippen LogP contribution in [0.25, 0.3) is 5.52 Å². The van der Waals surface area contributed by atoms with Crippen LogP contribution in [0.5, 0.6) is 0 Å². The number of rotatable bonds is 3. The molecule has 1 fully saturated rings. The molecule has 1 unspecified atom stereocenters. The second-order valence-corrected chi connectivity index (χ2v) is 5.23. The first kappa shape index (κ1) is 12.4. The third-order valence-electron chi connectivity index (χ3n) is 3.52. The maximum absolute atomic E-state index is 11.3. The first-order chi connectivity index (χ1) is 9.16. The van der Waals surface area contributed by atoms with Gasteiger partial charge in [-0.15, -0.1) is 0 Å². The van der Waals surface area contributed by atoms with Crippen LogP contribution in [-0.2, 0) is 6.42 Å². The van der Waals surface area contributed by atoms with Crippen LogP contribution >= 0.6 is 11.6 Å². The highest BCUT2D eigenvalue weighted by atomic mass is 35.5. The SMILES string of the molecule is O=C(O)c1nc(CC2CCNC2)n2cccc(Cl)c12. The summed E-state index contributed by atoms with van der Waals surface area (Å²) in [5, 5.41) is 13.0. The lowest BCUT2D eigenvalue weighted by Crippen LogP contribution is -2.12. The Kier molecular flexibility index (Phi) is 3.16. The second kappa shape index (κ2) is 4.83. The lowest BCUT2D eigenvalue weighted by molar-refractivity contribution is 0.0693. The number of nitrogens with zero attached hydrogens (tertiary/aromatic N) is 2. The van der Waals surface area contributed by atoms with Crippen LogP contribution in [0.15, 0.2) is 18.3 Å². The number of nitrogens with one attached hydrogen (secondary N) is 1. The molecule has 0 amide bonds. The number of carboxylic acid groups (broad SMARTS) is 1. The largest absolute Gasteiger partial charge is 0.476 e. The molecule has 0 bridgehead atoms. The van der Waals surface area contributed by atoms with Crippen molar-refractivity contribution in [1.29, 1.82) is 0 Å². The highest BCUT2D eigenvalue weighted by Gasteiger charge is 2.22. The van der Waals surface area contributed by atoms with Gasteiger partial charge in [-0.05, 0) is 37.6 Å². The van der Waals surface area contributed by atoms with Gasteiger partial charge >= 0.3 is 5.97 Å². The van der Waals surface area contributed by atoms with Gasteiger partial charge < -0.3 is 14.8 Å². The van der Waals surface area contributed by atoms with E-state index in [4.69, 9.17) is 11.6 Å². The summed E-state index contributed by atoms with van der Waals surface area (Å²) in [6, 6.07) is 3.49. The average Bonchev–Trinajstić information content (AvgIpc) is 2.99. The normalized spacial score (nSPS) is 19.1. The van der Waals surface area contributed by atoms with E-state index >= 15 is 0 Å². The van der Waals surface area contributed by atoms with Gasteiger partial charge in [0.2, 0.25) is 0 Å². The Hall–Kier alpha value is -1.59. The van der Waals surface area contributed by atoms with Crippen LogP contribution in [0.1, 0.15) is 22.7 Å². The van der Waals surface area contributed by atoms with Gasteiger partial charge in [0, 0.05) is 12.6 Å². The zero-order chi connectivity index (χ0) is 13.4. The summed E-state index contributed by atoms with van der Waals surface area (Å²) in [5.74, 6) is 0.233. The highest BCUT2D eigenvalue weighted by molar-refractivity contribution is 6.34. The lowest BCUT2D eigenvalue weighted by Gasteiger charge is -2.07. The van der Waals surface area contributed by atoms with Crippen LogP contribution in [0.4, 0.5) is 0 Å². The third kappa shape index (κ3) is 2.19. The van der Waals surface area contributed by atoms with E-state index in [1.807, 2.05) is 6.20 Å². The van der Waals surface area contributed by atoms with Crippen LogP contribution in [0.3, 0.4) is 0 Å². The number of hydrogen-bond donors (Lipinski definition) is 2. The molecule has 2 aromatic heterocycles. The summed E-state index contributed by atoms with van der Waals surface area (Å²) < 4.78 is 1.80. The molecule has 0 saturated carbocycles. The number of imidazole rings is 1. The van der Waals surface area contributed by atoms with Gasteiger partial charge in [-0.2, -0.15) is 0 Å². The minimum absolute atomic E-state index is 0.0338. The van der Waals surface area contributed by atoms with Crippen LogP contribution < -0.4 is 5.32 Å². The van der Waals surface area contributed by atoms with E-state index in [2.05, 4.69) is 10.3 Å². The zero-order valence-corrected chi connectivity index (χ0v) is 11.0. The number of carbonyl (C=O) groups is 1. The van der Waals surface area contributed by atoms with Crippen LogP contribution in [0.2, 0.25) is 5.02 Å². The molecular weight excluding hydrogens is 266 g/mol. The Bertz CT molecular complexity index is 632. The van der Waals surface area contributed by atoms with E-state index in [0.717, 1.165) is 31.8 Å². The molecule has 0 aromatic carbocycles. The Morgan fingerprint density at radius 3 is 3.16 bits per heavy atom. The van der Waals surface area contributed by atoms with Crippen molar-refractivity contribution in [3.8, 4) is 0 Å². The summed E-state index contributed by atoms with van der Waals surface area (Å²) in [4.78, 5) is 15.5. The predicted molar refractivity (Wildman–Crippen MR) is 71.8 cm³/mol. The van der Waals surface area contributed by atoms with Crippen molar-refractivity contribution in [2.45, 2.75) is 12.8 Å². The second-order valence-electron chi connectivity index (χ2n) is 4.82. The Labute approximate surface area is 115 Å². The highest BCUT2D eigenvalue weighted by Crippen LogP contribution is 2.24. The first-order valence-corrected chi connectivity index (χ1v) is 6.64. The summed E-state index contributed by atoms with van der Waals surface area (Å²) in [6.45, 7) is 1.97. The summed E-state index contributed by atoms with van der Waals surface area (Å²) in [5.41, 5.74) is 0.518. The molecule has 1 aliphatic heterocycles. The molecular formula is C13H14ClN3O2. The quantitative estimate of drug-likeness (QED) is 0.900. The van der Waals surface area contributed by atoms with E-state index in [9.17, 15) is 9.90 Å². The molecule has 100 valence electrons. The van der Waals surface area contributed by atoms with Crippen molar-refractivity contribution in [2.75, 3.05) is 13.1 Å². The van der Waals surface area contributed by atoms with Crippen molar-refractivity contribution in [1.82, 2.24) is 14.7 Å². The molecule has 5 nitrogen and oxygen atoms in total. The van der Waals surface area contributed by atoms with E-state index in [0.29, 0.717) is 16.5 Å². The molecule has 3 heterocycles. The fourth-order valence-corrected chi connectivity index (χ4v) is 2.85. The van der Waals surface area contributed by atoms with Gasteiger partial charge in [-0.25, -0.2) is 9.78 Å². The monoisotopic (exact) mass is 279 g/mol. The van der Waals surface area contributed by atoms with Crippen molar-refractivity contribution in [2.24, 2.45) is 5.92 Å². The number of aromatic nitrogens is 2. The maximum atomic E-state index is 11.3. The van der Waals surface area contributed by atoms with E-state index in [1.54, 1.807) is 16.5 Å². The van der Waals surface area contributed by atoms with Crippen molar-refractivity contribution in [3.05, 3.63) is 34.9 Å². The Morgan fingerprint density at radius 2 is 2.47 bits per heavy atom. The summed E-state index contributed by atoms with van der Waals surface area (Å²) in [7, 11) is 0. The van der Waals surface area contributed by atoms with Gasteiger partial charge in [0.15, 0.2) is 5.69 Å². The van der Waals surface area contributed by atoms with Gasteiger partial charge in [-0.1, -0.05) is 11.6 Å². The molecule has 0 aliphatic carbocycles. The summed E-state index contributed by atoms with van der Waals surface area (Å²) >= 11 is 6.10. The predicted octanol–water partition coefficient (Wildman–Crippen LogP) is 1.84. The van der Waals surface area contributed by atoms with Crippen LogP contribution in [0, 0.1) is 5.92 Å².